The number of hydrogen-bond acceptors (Lipinski definition) is 4. The predicted octanol–water partition coefficient (Wildman–Crippen LogP) is 0.232. The van der Waals surface area contributed by atoms with Crippen LogP contribution in [0.2, 0.25) is 0 Å². The highest BCUT2D eigenvalue weighted by atomic mass is 16.6. The number of ether oxygens (including phenoxy) is 1. The van der Waals surface area contributed by atoms with E-state index in [4.69, 9.17) is 10.5 Å². The Hall–Kier alpha value is -1.30. The third-order valence-corrected chi connectivity index (χ3v) is 2.46. The van der Waals surface area contributed by atoms with Crippen molar-refractivity contribution in [3.63, 3.8) is 0 Å². The number of likely N-dealkylation sites (tertiary alicyclic amines) is 1. The van der Waals surface area contributed by atoms with Crippen LogP contribution < -0.4 is 5.73 Å². The molecule has 0 spiro atoms. The molecule has 98 valence electrons. The minimum Gasteiger partial charge on any atom is -0.444 e. The highest BCUT2D eigenvalue weighted by Gasteiger charge is 2.37. The largest absolute Gasteiger partial charge is 0.444 e. The molecule has 2 amide bonds. The van der Waals surface area contributed by atoms with Gasteiger partial charge in [0.1, 0.15) is 5.60 Å². The number of aliphatic hydroxyl groups is 1. The van der Waals surface area contributed by atoms with Crippen molar-refractivity contribution in [1.29, 1.82) is 0 Å². The number of carbonyl (C=O) groups excluding carboxylic acids is 2. The molecule has 1 fully saturated rings. The van der Waals surface area contributed by atoms with E-state index in [0.29, 0.717) is 6.42 Å². The maximum atomic E-state index is 11.8. The summed E-state index contributed by atoms with van der Waals surface area (Å²) in [6, 6.07) is -0.364. The summed E-state index contributed by atoms with van der Waals surface area (Å²) < 4.78 is 5.21. The Kier molecular flexibility index (Phi) is 3.98. The molecular weight excluding hydrogens is 224 g/mol. The first-order chi connectivity index (χ1) is 7.69. The van der Waals surface area contributed by atoms with Crippen LogP contribution in [-0.2, 0) is 9.53 Å². The van der Waals surface area contributed by atoms with E-state index in [1.165, 1.54) is 4.90 Å². The summed E-state index contributed by atoms with van der Waals surface area (Å²) in [5, 5.41) is 9.53. The third kappa shape index (κ3) is 4.22. The summed E-state index contributed by atoms with van der Waals surface area (Å²) in [6.07, 6.45) is -0.717. The van der Waals surface area contributed by atoms with Crippen LogP contribution in [0, 0.1) is 0 Å². The number of nitrogens with two attached hydrogens (primary N) is 1. The number of nitrogens with zero attached hydrogens (tertiary/aromatic N) is 1. The van der Waals surface area contributed by atoms with E-state index in [2.05, 4.69) is 0 Å². The van der Waals surface area contributed by atoms with Crippen molar-refractivity contribution in [3.05, 3.63) is 0 Å². The molecule has 2 atom stereocenters. The van der Waals surface area contributed by atoms with Gasteiger partial charge in [-0.1, -0.05) is 0 Å². The van der Waals surface area contributed by atoms with Crippen molar-refractivity contribution in [3.8, 4) is 0 Å². The first-order valence-corrected chi connectivity index (χ1v) is 5.65. The lowest BCUT2D eigenvalue weighted by Gasteiger charge is -2.27. The van der Waals surface area contributed by atoms with Gasteiger partial charge in [0.15, 0.2) is 0 Å². The van der Waals surface area contributed by atoms with Gasteiger partial charge >= 0.3 is 6.09 Å². The van der Waals surface area contributed by atoms with E-state index in [9.17, 15) is 14.7 Å². The van der Waals surface area contributed by atoms with Gasteiger partial charge in [-0.3, -0.25) is 4.79 Å². The lowest BCUT2D eigenvalue weighted by Crippen LogP contribution is -2.41. The monoisotopic (exact) mass is 244 g/mol. The molecular formula is C11H20N2O4. The lowest BCUT2D eigenvalue weighted by molar-refractivity contribution is -0.118. The minimum atomic E-state index is -0.619. The van der Waals surface area contributed by atoms with Gasteiger partial charge in [0.05, 0.1) is 12.6 Å². The molecule has 0 aromatic heterocycles. The van der Waals surface area contributed by atoms with Crippen LogP contribution in [0.5, 0.6) is 0 Å². The molecule has 0 radical (unpaired) electrons. The second-order valence-electron chi connectivity index (χ2n) is 5.35. The van der Waals surface area contributed by atoms with Crippen LogP contribution in [0.15, 0.2) is 0 Å². The molecule has 6 nitrogen and oxygen atoms in total. The molecule has 1 aliphatic heterocycles. The van der Waals surface area contributed by atoms with Gasteiger partial charge in [0.2, 0.25) is 5.91 Å². The molecule has 1 saturated heterocycles. The fraction of sp³-hybridized carbons (Fsp3) is 0.818. The van der Waals surface area contributed by atoms with E-state index in [-0.39, 0.29) is 19.0 Å². The van der Waals surface area contributed by atoms with Crippen LogP contribution in [0.25, 0.3) is 0 Å². The normalized spacial score (nSPS) is 24.8. The molecule has 6 heteroatoms. The molecule has 1 aliphatic rings. The summed E-state index contributed by atoms with van der Waals surface area (Å²) in [6.45, 7) is 5.48. The summed E-state index contributed by atoms with van der Waals surface area (Å²) in [5.74, 6) is -0.488. The number of hydrogen-bond donors (Lipinski definition) is 2. The predicted molar refractivity (Wildman–Crippen MR) is 61.2 cm³/mol. The summed E-state index contributed by atoms with van der Waals surface area (Å²) in [7, 11) is 0. The number of amides is 2. The fourth-order valence-electron chi connectivity index (χ4n) is 1.86. The Morgan fingerprint density at radius 3 is 2.53 bits per heavy atom. The summed E-state index contributed by atoms with van der Waals surface area (Å²) in [4.78, 5) is 24.1. The molecule has 0 saturated carbocycles. The van der Waals surface area contributed by atoms with Gasteiger partial charge in [-0.25, -0.2) is 4.79 Å². The number of rotatable bonds is 2. The molecule has 1 heterocycles. The Labute approximate surface area is 101 Å². The summed E-state index contributed by atoms with van der Waals surface area (Å²) in [5.41, 5.74) is 4.51. The number of primary amides is 1. The van der Waals surface area contributed by atoms with Gasteiger partial charge in [-0.2, -0.15) is 0 Å². The molecule has 17 heavy (non-hydrogen) atoms. The van der Waals surface area contributed by atoms with Gasteiger partial charge in [0.25, 0.3) is 0 Å². The maximum Gasteiger partial charge on any atom is 0.410 e. The van der Waals surface area contributed by atoms with Crippen LogP contribution in [0.3, 0.4) is 0 Å². The summed E-state index contributed by atoms with van der Waals surface area (Å²) >= 11 is 0. The zero-order valence-electron chi connectivity index (χ0n) is 10.5. The smallest absolute Gasteiger partial charge is 0.410 e. The highest BCUT2D eigenvalue weighted by Crippen LogP contribution is 2.23. The van der Waals surface area contributed by atoms with E-state index in [1.807, 2.05) is 0 Å². The second kappa shape index (κ2) is 4.91. The molecule has 0 aliphatic carbocycles. The Balaban J connectivity index is 2.66. The standard InChI is InChI=1S/C11H20N2O4/c1-11(2,3)17-10(16)13-6-8(14)4-7(13)5-9(12)15/h7-8,14H,4-6H2,1-3H3,(H2,12,15)/t7-,8+/m0/s1. The van der Waals surface area contributed by atoms with E-state index in [1.54, 1.807) is 20.8 Å². The highest BCUT2D eigenvalue weighted by molar-refractivity contribution is 5.76. The maximum absolute atomic E-state index is 11.8. The molecule has 0 aromatic carbocycles. The minimum absolute atomic E-state index is 0.0519. The second-order valence-corrected chi connectivity index (χ2v) is 5.35. The van der Waals surface area contributed by atoms with Crippen LogP contribution >= 0.6 is 0 Å². The zero-order valence-corrected chi connectivity index (χ0v) is 10.5. The van der Waals surface area contributed by atoms with Crippen molar-refractivity contribution in [1.82, 2.24) is 4.90 Å². The third-order valence-electron chi connectivity index (χ3n) is 2.46. The Bertz CT molecular complexity index is 311. The molecule has 0 unspecified atom stereocenters. The Morgan fingerprint density at radius 1 is 1.47 bits per heavy atom. The number of carbonyl (C=O) groups is 2. The van der Waals surface area contributed by atoms with Crippen molar-refractivity contribution >= 4 is 12.0 Å². The molecule has 0 aromatic rings. The van der Waals surface area contributed by atoms with Crippen molar-refractivity contribution in [2.75, 3.05) is 6.54 Å². The number of aliphatic hydroxyl groups excluding tert-OH is 1. The van der Waals surface area contributed by atoms with Crippen molar-refractivity contribution < 1.29 is 19.4 Å². The first-order valence-electron chi connectivity index (χ1n) is 5.65. The zero-order chi connectivity index (χ0) is 13.2. The van der Waals surface area contributed by atoms with Gasteiger partial charge in [-0.15, -0.1) is 0 Å². The molecule has 3 N–H and O–H groups in total. The van der Waals surface area contributed by atoms with Crippen molar-refractivity contribution in [2.24, 2.45) is 5.73 Å². The molecule has 1 rings (SSSR count). The van der Waals surface area contributed by atoms with Gasteiger partial charge in [0, 0.05) is 12.5 Å². The average Bonchev–Trinajstić information content (AvgIpc) is 2.42. The van der Waals surface area contributed by atoms with Crippen LogP contribution in [0.4, 0.5) is 4.79 Å². The SMILES string of the molecule is CC(C)(C)OC(=O)N1C[C@H](O)C[C@H]1CC(N)=O. The van der Waals surface area contributed by atoms with Gasteiger partial charge in [-0.05, 0) is 27.2 Å². The first kappa shape index (κ1) is 13.8. The average molecular weight is 244 g/mol. The van der Waals surface area contributed by atoms with E-state index < -0.39 is 23.7 Å². The topological polar surface area (TPSA) is 92.9 Å². The molecule has 0 bridgehead atoms. The van der Waals surface area contributed by atoms with E-state index >= 15 is 0 Å². The lowest BCUT2D eigenvalue weighted by atomic mass is 10.1. The van der Waals surface area contributed by atoms with Crippen LogP contribution in [0.1, 0.15) is 33.6 Å². The van der Waals surface area contributed by atoms with Crippen molar-refractivity contribution in [2.45, 2.75) is 51.4 Å². The Morgan fingerprint density at radius 2 is 2.06 bits per heavy atom. The van der Waals surface area contributed by atoms with Gasteiger partial charge < -0.3 is 20.5 Å². The quantitative estimate of drug-likeness (QED) is 0.727. The van der Waals surface area contributed by atoms with E-state index in [0.717, 1.165) is 0 Å². The van der Waals surface area contributed by atoms with Crippen LogP contribution in [-0.4, -0.2) is 46.3 Å². The number of β-amino-alcohol motifs (C(OH)–C–C–N with tert-alkyl or cyclic N) is 1. The fourth-order valence-corrected chi connectivity index (χ4v) is 1.86.